The van der Waals surface area contributed by atoms with Crippen LogP contribution in [-0.4, -0.2) is 11.0 Å². The fraction of sp³-hybridized carbons (Fsp3) is 0.0714. The highest BCUT2D eigenvalue weighted by Gasteiger charge is 2.12. The van der Waals surface area contributed by atoms with Crippen LogP contribution in [0.25, 0.3) is 0 Å². The molecular formula is C14H11BrClNO2. The molecule has 0 aliphatic heterocycles. The summed E-state index contributed by atoms with van der Waals surface area (Å²) in [5, 5.41) is 12.8. The monoisotopic (exact) mass is 339 g/mol. The van der Waals surface area contributed by atoms with E-state index in [0.29, 0.717) is 21.8 Å². The molecule has 98 valence electrons. The molecule has 1 amide bonds. The van der Waals surface area contributed by atoms with E-state index < -0.39 is 0 Å². The highest BCUT2D eigenvalue weighted by atomic mass is 79.9. The Kier molecular flexibility index (Phi) is 4.12. The Labute approximate surface area is 124 Å². The molecule has 2 aromatic carbocycles. The molecule has 0 aromatic heterocycles. The van der Waals surface area contributed by atoms with Gasteiger partial charge in [0.05, 0.1) is 5.02 Å². The molecule has 0 heterocycles. The predicted molar refractivity (Wildman–Crippen MR) is 79.9 cm³/mol. The molecule has 5 heteroatoms. The van der Waals surface area contributed by atoms with Crippen LogP contribution < -0.4 is 5.32 Å². The lowest BCUT2D eigenvalue weighted by Gasteiger charge is -2.09. The summed E-state index contributed by atoms with van der Waals surface area (Å²) in [6.45, 7) is 1.69. The maximum atomic E-state index is 12.1. The van der Waals surface area contributed by atoms with Gasteiger partial charge in [-0.2, -0.15) is 0 Å². The van der Waals surface area contributed by atoms with Gasteiger partial charge in [-0.15, -0.1) is 0 Å². The number of hydrogen-bond donors (Lipinski definition) is 2. The van der Waals surface area contributed by atoms with E-state index in [1.165, 1.54) is 0 Å². The molecule has 0 saturated heterocycles. The summed E-state index contributed by atoms with van der Waals surface area (Å²) in [5.41, 5.74) is 1.57. The van der Waals surface area contributed by atoms with E-state index in [0.717, 1.165) is 4.47 Å². The van der Waals surface area contributed by atoms with Gasteiger partial charge in [-0.1, -0.05) is 17.7 Å². The van der Waals surface area contributed by atoms with Crippen molar-refractivity contribution in [1.29, 1.82) is 0 Å². The lowest BCUT2D eigenvalue weighted by Crippen LogP contribution is -2.13. The Morgan fingerprint density at radius 2 is 2.05 bits per heavy atom. The summed E-state index contributed by atoms with van der Waals surface area (Å²) >= 11 is 9.25. The smallest absolute Gasteiger partial charge is 0.256 e. The van der Waals surface area contributed by atoms with Crippen molar-refractivity contribution in [1.82, 2.24) is 0 Å². The summed E-state index contributed by atoms with van der Waals surface area (Å²) in [5.74, 6) is -0.187. The summed E-state index contributed by atoms with van der Waals surface area (Å²) in [6.07, 6.45) is 0. The quantitative estimate of drug-likeness (QED) is 0.853. The summed E-state index contributed by atoms with van der Waals surface area (Å²) in [7, 11) is 0. The van der Waals surface area contributed by atoms with E-state index >= 15 is 0 Å². The van der Waals surface area contributed by atoms with Gasteiger partial charge in [0.1, 0.15) is 5.75 Å². The van der Waals surface area contributed by atoms with Gasteiger partial charge < -0.3 is 10.4 Å². The van der Waals surface area contributed by atoms with E-state index in [1.807, 2.05) is 0 Å². The molecule has 2 rings (SSSR count). The molecule has 3 nitrogen and oxygen atoms in total. The third-order valence-corrected chi connectivity index (χ3v) is 3.96. The van der Waals surface area contributed by atoms with Crippen LogP contribution in [0.2, 0.25) is 5.02 Å². The molecular weight excluding hydrogens is 330 g/mol. The third kappa shape index (κ3) is 3.08. The van der Waals surface area contributed by atoms with Crippen molar-refractivity contribution >= 4 is 39.1 Å². The predicted octanol–water partition coefficient (Wildman–Crippen LogP) is 4.37. The first-order chi connectivity index (χ1) is 8.99. The topological polar surface area (TPSA) is 49.3 Å². The second kappa shape index (κ2) is 5.63. The Hall–Kier alpha value is -1.52. The fourth-order valence-corrected chi connectivity index (χ4v) is 2.07. The number of anilines is 1. The Bertz CT molecular complexity index is 643. The van der Waals surface area contributed by atoms with Gasteiger partial charge in [0.2, 0.25) is 0 Å². The average Bonchev–Trinajstić information content (AvgIpc) is 2.37. The fourth-order valence-electron chi connectivity index (χ4n) is 1.64. The van der Waals surface area contributed by atoms with Gasteiger partial charge in [0.25, 0.3) is 5.91 Å². The summed E-state index contributed by atoms with van der Waals surface area (Å²) in [6, 6.07) is 9.99. The number of hydrogen-bond acceptors (Lipinski definition) is 2. The maximum absolute atomic E-state index is 12.1. The van der Waals surface area contributed by atoms with E-state index in [1.54, 1.807) is 43.3 Å². The molecule has 0 fully saturated rings. The number of carbonyl (C=O) groups is 1. The molecule has 0 aliphatic carbocycles. The first kappa shape index (κ1) is 13.9. The van der Waals surface area contributed by atoms with Crippen molar-refractivity contribution in [3.05, 3.63) is 57.0 Å². The normalized spacial score (nSPS) is 10.3. The van der Waals surface area contributed by atoms with E-state index in [9.17, 15) is 9.90 Å². The van der Waals surface area contributed by atoms with Crippen molar-refractivity contribution in [3.63, 3.8) is 0 Å². The number of phenols is 1. The molecule has 0 saturated carbocycles. The largest absolute Gasteiger partial charge is 0.508 e. The lowest BCUT2D eigenvalue weighted by molar-refractivity contribution is 0.102. The molecule has 19 heavy (non-hydrogen) atoms. The minimum Gasteiger partial charge on any atom is -0.508 e. The number of benzene rings is 2. The molecule has 0 radical (unpaired) electrons. The number of aromatic hydroxyl groups is 1. The van der Waals surface area contributed by atoms with Crippen LogP contribution in [0, 0.1) is 6.92 Å². The van der Waals surface area contributed by atoms with Gasteiger partial charge >= 0.3 is 0 Å². The van der Waals surface area contributed by atoms with Crippen LogP contribution in [0.5, 0.6) is 5.75 Å². The van der Waals surface area contributed by atoms with Gasteiger partial charge in [0.15, 0.2) is 0 Å². The van der Waals surface area contributed by atoms with Crippen molar-refractivity contribution in [3.8, 4) is 5.75 Å². The summed E-state index contributed by atoms with van der Waals surface area (Å²) in [4.78, 5) is 12.1. The second-order valence-corrected chi connectivity index (χ2v) is 5.29. The van der Waals surface area contributed by atoms with Crippen molar-refractivity contribution in [2.75, 3.05) is 5.32 Å². The van der Waals surface area contributed by atoms with Crippen LogP contribution in [-0.2, 0) is 0 Å². The molecule has 0 atom stereocenters. The number of halogens is 2. The number of nitrogens with one attached hydrogen (secondary N) is 1. The van der Waals surface area contributed by atoms with Crippen LogP contribution in [0.1, 0.15) is 15.9 Å². The van der Waals surface area contributed by atoms with Crippen molar-refractivity contribution < 1.29 is 9.90 Å². The van der Waals surface area contributed by atoms with E-state index in [-0.39, 0.29) is 11.7 Å². The third-order valence-electron chi connectivity index (χ3n) is 2.73. The standard InChI is InChI=1S/C14H11BrClNO2/c1-8-10(3-2-4-13(8)18)14(19)17-9-5-6-11(15)12(16)7-9/h2-7,18H,1H3,(H,17,19). The first-order valence-corrected chi connectivity index (χ1v) is 6.71. The molecule has 0 aliphatic rings. The van der Waals surface area contributed by atoms with Gasteiger partial charge in [-0.05, 0) is 53.2 Å². The minimum atomic E-state index is -0.285. The Morgan fingerprint density at radius 3 is 2.74 bits per heavy atom. The average molecular weight is 341 g/mol. The lowest BCUT2D eigenvalue weighted by atomic mass is 10.1. The molecule has 0 spiro atoms. The minimum absolute atomic E-state index is 0.0986. The van der Waals surface area contributed by atoms with Gasteiger partial charge in [0, 0.05) is 21.3 Å². The first-order valence-electron chi connectivity index (χ1n) is 5.54. The van der Waals surface area contributed by atoms with E-state index in [2.05, 4.69) is 21.2 Å². The van der Waals surface area contributed by atoms with Gasteiger partial charge in [-0.25, -0.2) is 0 Å². The molecule has 0 unspecified atom stereocenters. The maximum Gasteiger partial charge on any atom is 0.256 e. The van der Waals surface area contributed by atoms with Crippen molar-refractivity contribution in [2.45, 2.75) is 6.92 Å². The number of rotatable bonds is 2. The van der Waals surface area contributed by atoms with E-state index in [4.69, 9.17) is 11.6 Å². The zero-order valence-electron chi connectivity index (χ0n) is 10.1. The van der Waals surface area contributed by atoms with Crippen LogP contribution >= 0.6 is 27.5 Å². The molecule has 2 aromatic rings. The zero-order valence-corrected chi connectivity index (χ0v) is 12.4. The summed E-state index contributed by atoms with van der Waals surface area (Å²) < 4.78 is 0.765. The molecule has 2 N–H and O–H groups in total. The second-order valence-electron chi connectivity index (χ2n) is 4.03. The van der Waals surface area contributed by atoms with Crippen LogP contribution in [0.15, 0.2) is 40.9 Å². The van der Waals surface area contributed by atoms with Crippen LogP contribution in [0.3, 0.4) is 0 Å². The highest BCUT2D eigenvalue weighted by molar-refractivity contribution is 9.10. The molecule has 0 bridgehead atoms. The number of amides is 1. The zero-order chi connectivity index (χ0) is 14.0. The SMILES string of the molecule is Cc1c(O)cccc1C(=O)Nc1ccc(Br)c(Cl)c1. The van der Waals surface area contributed by atoms with Crippen molar-refractivity contribution in [2.24, 2.45) is 0 Å². The number of phenolic OH excluding ortho intramolecular Hbond substituents is 1. The Morgan fingerprint density at radius 1 is 1.32 bits per heavy atom. The van der Waals surface area contributed by atoms with Crippen LogP contribution in [0.4, 0.5) is 5.69 Å². The number of carbonyl (C=O) groups excluding carboxylic acids is 1. The Balaban J connectivity index is 2.26. The highest BCUT2D eigenvalue weighted by Crippen LogP contribution is 2.26. The van der Waals surface area contributed by atoms with Gasteiger partial charge in [-0.3, -0.25) is 4.79 Å².